The fraction of sp³-hybridized carbons (Fsp3) is 0.500. The summed E-state index contributed by atoms with van der Waals surface area (Å²) in [6.07, 6.45) is 2.67. The van der Waals surface area contributed by atoms with E-state index in [9.17, 15) is 9.59 Å². The third kappa shape index (κ3) is 4.76. The van der Waals surface area contributed by atoms with Crippen LogP contribution in [0, 0.1) is 5.41 Å². The number of hydrogen-bond acceptors (Lipinski definition) is 6. The number of rotatable bonds is 6. The van der Waals surface area contributed by atoms with Gasteiger partial charge in [0.05, 0.1) is 12.6 Å². The van der Waals surface area contributed by atoms with E-state index >= 15 is 0 Å². The fourth-order valence-electron chi connectivity index (χ4n) is 2.10. The first-order valence-electron chi connectivity index (χ1n) is 7.64. The van der Waals surface area contributed by atoms with Crippen molar-refractivity contribution in [3.8, 4) is 0 Å². The monoisotopic (exact) mass is 334 g/mol. The molecule has 8 heteroatoms. The lowest BCUT2D eigenvalue weighted by Gasteiger charge is -2.30. The Morgan fingerprint density at radius 2 is 2.04 bits per heavy atom. The highest BCUT2D eigenvalue weighted by atomic mass is 16.5. The molecule has 0 saturated carbocycles. The number of carbonyl (C=O) groups is 1. The van der Waals surface area contributed by atoms with Gasteiger partial charge in [0, 0.05) is 12.4 Å². The average Bonchev–Trinajstić information content (AvgIpc) is 2.95. The van der Waals surface area contributed by atoms with Crippen LogP contribution in [-0.4, -0.2) is 27.1 Å². The molecule has 0 aliphatic rings. The number of pyridine rings is 1. The molecule has 0 spiro atoms. The molecule has 2 heterocycles. The van der Waals surface area contributed by atoms with E-state index < -0.39 is 17.9 Å². The molecule has 0 radical (unpaired) electrons. The summed E-state index contributed by atoms with van der Waals surface area (Å²) in [5.74, 6) is -0.675. The van der Waals surface area contributed by atoms with Crippen LogP contribution in [0.2, 0.25) is 0 Å². The Kier molecular flexibility index (Phi) is 5.50. The van der Waals surface area contributed by atoms with Crippen molar-refractivity contribution in [1.82, 2.24) is 20.4 Å². The predicted octanol–water partition coefficient (Wildman–Crippen LogP) is 1.57. The molecule has 2 atom stereocenters. The average molecular weight is 334 g/mol. The van der Waals surface area contributed by atoms with E-state index in [0.29, 0.717) is 6.61 Å². The van der Waals surface area contributed by atoms with Crippen molar-refractivity contribution >= 4 is 5.91 Å². The maximum atomic E-state index is 12.4. The van der Waals surface area contributed by atoms with Gasteiger partial charge in [-0.3, -0.25) is 19.3 Å². The SMILES string of the molecule is CC(OCc1ccncc1)C(=O)NC(c1noc(=O)[nH]1)C(C)(C)C. The van der Waals surface area contributed by atoms with Crippen LogP contribution < -0.4 is 11.1 Å². The summed E-state index contributed by atoms with van der Waals surface area (Å²) in [5, 5.41) is 6.54. The summed E-state index contributed by atoms with van der Waals surface area (Å²) in [4.78, 5) is 30.0. The first-order chi connectivity index (χ1) is 11.3. The van der Waals surface area contributed by atoms with Crippen molar-refractivity contribution in [2.75, 3.05) is 0 Å². The Bertz CT molecular complexity index is 717. The van der Waals surface area contributed by atoms with Crippen molar-refractivity contribution in [2.24, 2.45) is 5.41 Å². The zero-order valence-electron chi connectivity index (χ0n) is 14.2. The van der Waals surface area contributed by atoms with Gasteiger partial charge in [-0.05, 0) is 30.0 Å². The predicted molar refractivity (Wildman–Crippen MR) is 86.0 cm³/mol. The van der Waals surface area contributed by atoms with Crippen LogP contribution in [0.25, 0.3) is 0 Å². The molecule has 1 amide bonds. The summed E-state index contributed by atoms with van der Waals surface area (Å²) in [6, 6.07) is 3.13. The van der Waals surface area contributed by atoms with E-state index in [2.05, 4.69) is 25.0 Å². The van der Waals surface area contributed by atoms with E-state index in [1.54, 1.807) is 19.3 Å². The lowest BCUT2D eigenvalue weighted by atomic mass is 9.86. The molecule has 0 fully saturated rings. The van der Waals surface area contributed by atoms with Gasteiger partial charge in [0.15, 0.2) is 5.82 Å². The van der Waals surface area contributed by atoms with Gasteiger partial charge >= 0.3 is 5.76 Å². The van der Waals surface area contributed by atoms with Gasteiger partial charge in [-0.2, -0.15) is 0 Å². The van der Waals surface area contributed by atoms with E-state index in [4.69, 9.17) is 4.74 Å². The van der Waals surface area contributed by atoms with E-state index in [1.165, 1.54) is 0 Å². The van der Waals surface area contributed by atoms with Gasteiger partial charge in [-0.25, -0.2) is 4.79 Å². The molecule has 24 heavy (non-hydrogen) atoms. The third-order valence-corrected chi connectivity index (χ3v) is 3.50. The fourth-order valence-corrected chi connectivity index (χ4v) is 2.10. The maximum Gasteiger partial charge on any atom is 0.438 e. The van der Waals surface area contributed by atoms with Gasteiger partial charge in [0.1, 0.15) is 6.10 Å². The minimum Gasteiger partial charge on any atom is -0.364 e. The molecule has 8 nitrogen and oxygen atoms in total. The number of aromatic nitrogens is 3. The van der Waals surface area contributed by atoms with Crippen LogP contribution in [-0.2, 0) is 16.1 Å². The highest BCUT2D eigenvalue weighted by molar-refractivity contribution is 5.80. The smallest absolute Gasteiger partial charge is 0.364 e. The Morgan fingerprint density at radius 1 is 1.38 bits per heavy atom. The van der Waals surface area contributed by atoms with Crippen LogP contribution in [0.3, 0.4) is 0 Å². The molecule has 0 saturated heterocycles. The van der Waals surface area contributed by atoms with Gasteiger partial charge in [-0.1, -0.05) is 25.9 Å². The Hall–Kier alpha value is -2.48. The lowest BCUT2D eigenvalue weighted by Crippen LogP contribution is -2.42. The van der Waals surface area contributed by atoms with E-state index in [1.807, 2.05) is 32.9 Å². The van der Waals surface area contributed by atoms with Crippen molar-refractivity contribution in [3.05, 3.63) is 46.5 Å². The van der Waals surface area contributed by atoms with Gasteiger partial charge in [-0.15, -0.1) is 0 Å². The van der Waals surface area contributed by atoms with Gasteiger partial charge < -0.3 is 10.1 Å². The molecule has 2 unspecified atom stereocenters. The molecule has 2 aromatic heterocycles. The van der Waals surface area contributed by atoms with Crippen LogP contribution in [0.4, 0.5) is 0 Å². The highest BCUT2D eigenvalue weighted by Crippen LogP contribution is 2.30. The molecule has 2 N–H and O–H groups in total. The maximum absolute atomic E-state index is 12.4. The second kappa shape index (κ2) is 7.39. The number of hydrogen-bond donors (Lipinski definition) is 2. The lowest BCUT2D eigenvalue weighted by molar-refractivity contribution is -0.134. The zero-order valence-corrected chi connectivity index (χ0v) is 14.2. The summed E-state index contributed by atoms with van der Waals surface area (Å²) < 4.78 is 10.1. The number of aromatic amines is 1. The van der Waals surface area contributed by atoms with Crippen molar-refractivity contribution in [3.63, 3.8) is 0 Å². The van der Waals surface area contributed by atoms with Crippen molar-refractivity contribution in [2.45, 2.75) is 46.4 Å². The Labute approximate surface area is 139 Å². The minimum atomic E-state index is -0.665. The summed E-state index contributed by atoms with van der Waals surface area (Å²) in [7, 11) is 0. The zero-order chi connectivity index (χ0) is 17.7. The summed E-state index contributed by atoms with van der Waals surface area (Å²) in [5.41, 5.74) is 0.554. The summed E-state index contributed by atoms with van der Waals surface area (Å²) >= 11 is 0. The van der Waals surface area contributed by atoms with Crippen LogP contribution in [0.1, 0.15) is 45.1 Å². The topological polar surface area (TPSA) is 110 Å². The number of amides is 1. The normalized spacial score (nSPS) is 14.2. The summed E-state index contributed by atoms with van der Waals surface area (Å²) in [6.45, 7) is 7.74. The Balaban J connectivity index is 2.00. The second-order valence-corrected chi connectivity index (χ2v) is 6.60. The van der Waals surface area contributed by atoms with Crippen LogP contribution in [0.5, 0.6) is 0 Å². The molecule has 0 aromatic carbocycles. The van der Waals surface area contributed by atoms with Crippen molar-refractivity contribution in [1.29, 1.82) is 0 Å². The number of nitrogens with one attached hydrogen (secondary N) is 2. The number of ether oxygens (including phenoxy) is 1. The van der Waals surface area contributed by atoms with Gasteiger partial charge in [0.25, 0.3) is 0 Å². The second-order valence-electron chi connectivity index (χ2n) is 6.60. The van der Waals surface area contributed by atoms with Crippen molar-refractivity contribution < 1.29 is 14.1 Å². The van der Waals surface area contributed by atoms with Gasteiger partial charge in [0.2, 0.25) is 5.91 Å². The first-order valence-corrected chi connectivity index (χ1v) is 7.64. The number of H-pyrrole nitrogens is 1. The molecule has 0 bridgehead atoms. The largest absolute Gasteiger partial charge is 0.438 e. The molecular weight excluding hydrogens is 312 g/mol. The number of carbonyl (C=O) groups excluding carboxylic acids is 1. The molecule has 0 aliphatic carbocycles. The molecule has 2 aromatic rings. The Morgan fingerprint density at radius 3 is 2.58 bits per heavy atom. The van der Waals surface area contributed by atoms with E-state index in [0.717, 1.165) is 5.56 Å². The first kappa shape index (κ1) is 17.9. The van der Waals surface area contributed by atoms with E-state index in [-0.39, 0.29) is 17.1 Å². The highest BCUT2D eigenvalue weighted by Gasteiger charge is 2.32. The number of nitrogens with zero attached hydrogens (tertiary/aromatic N) is 2. The molecule has 0 aliphatic heterocycles. The standard InChI is InChI=1S/C16H22N4O4/c1-10(23-9-11-5-7-17-8-6-11)14(21)18-12(16(2,3)4)13-19-15(22)24-20-13/h5-8,10,12H,9H2,1-4H3,(H,18,21)(H,19,20,22). The third-order valence-electron chi connectivity index (χ3n) is 3.50. The molecule has 2 rings (SSSR count). The minimum absolute atomic E-state index is 0.280. The quantitative estimate of drug-likeness (QED) is 0.829. The molecule has 130 valence electrons. The van der Waals surface area contributed by atoms with Crippen LogP contribution in [0.15, 0.2) is 33.8 Å². The molecular formula is C16H22N4O4. The van der Waals surface area contributed by atoms with Crippen LogP contribution >= 0.6 is 0 Å².